The molecule has 2 heterocycles. The van der Waals surface area contributed by atoms with Gasteiger partial charge in [-0.25, -0.2) is 0 Å². The van der Waals surface area contributed by atoms with Gasteiger partial charge in [0.2, 0.25) is 11.8 Å². The zero-order valence-electron chi connectivity index (χ0n) is 12.8. The average molecular weight is 309 g/mol. The normalized spacial score (nSPS) is 17.9. The molecule has 1 aromatic heterocycles. The smallest absolute Gasteiger partial charge is 0.247 e. The second-order valence-corrected chi connectivity index (χ2v) is 5.64. The Morgan fingerprint density at radius 2 is 2.00 bits per heavy atom. The lowest BCUT2D eigenvalue weighted by molar-refractivity contribution is -0.125. The first-order valence-corrected chi connectivity index (χ1v) is 7.84. The fourth-order valence-corrected chi connectivity index (χ4v) is 2.75. The third kappa shape index (κ3) is 3.74. The van der Waals surface area contributed by atoms with Crippen LogP contribution in [0.1, 0.15) is 25.7 Å². The predicted octanol–water partition coefficient (Wildman–Crippen LogP) is 2.75. The predicted molar refractivity (Wildman–Crippen MR) is 88.7 cm³/mol. The van der Waals surface area contributed by atoms with Crippen LogP contribution in [0.5, 0.6) is 0 Å². The topological polar surface area (TPSA) is 71.1 Å². The monoisotopic (exact) mass is 309 g/mol. The van der Waals surface area contributed by atoms with E-state index in [4.69, 9.17) is 0 Å². The highest BCUT2D eigenvalue weighted by Crippen LogP contribution is 2.27. The number of hydrogen-bond acceptors (Lipinski definition) is 3. The molecule has 2 aromatic rings. The first-order chi connectivity index (χ1) is 11.2. The number of nitrogens with zero attached hydrogens (tertiary/aromatic N) is 1. The van der Waals surface area contributed by atoms with Crippen LogP contribution in [0.2, 0.25) is 0 Å². The molecular weight excluding hydrogens is 290 g/mol. The summed E-state index contributed by atoms with van der Waals surface area (Å²) in [7, 11) is 0. The van der Waals surface area contributed by atoms with E-state index in [1.807, 2.05) is 36.4 Å². The molecule has 0 aliphatic carbocycles. The summed E-state index contributed by atoms with van der Waals surface area (Å²) in [4.78, 5) is 28.2. The molecule has 2 amide bonds. The number of carbonyl (C=O) groups excluding carboxylic acids is 2. The van der Waals surface area contributed by atoms with Gasteiger partial charge in [-0.3, -0.25) is 14.6 Å². The summed E-state index contributed by atoms with van der Waals surface area (Å²) >= 11 is 0. The van der Waals surface area contributed by atoms with E-state index < -0.39 is 6.04 Å². The molecule has 1 aliphatic rings. The van der Waals surface area contributed by atoms with E-state index in [1.165, 1.54) is 0 Å². The maximum absolute atomic E-state index is 12.5. The second kappa shape index (κ2) is 7.05. The number of pyridine rings is 1. The molecule has 1 saturated heterocycles. The van der Waals surface area contributed by atoms with Gasteiger partial charge in [0.15, 0.2) is 0 Å². The number of nitrogens with one attached hydrogen (secondary N) is 2. The number of hydrogen-bond donors (Lipinski definition) is 2. The van der Waals surface area contributed by atoms with E-state index in [-0.39, 0.29) is 11.8 Å². The molecule has 5 nitrogen and oxygen atoms in total. The highest BCUT2D eigenvalue weighted by atomic mass is 16.2. The summed E-state index contributed by atoms with van der Waals surface area (Å²) in [6.07, 6.45) is 6.20. The van der Waals surface area contributed by atoms with Gasteiger partial charge in [0.25, 0.3) is 0 Å². The Hall–Kier alpha value is -2.69. The molecule has 1 atom stereocenters. The minimum absolute atomic E-state index is 0.0582. The van der Waals surface area contributed by atoms with Crippen LogP contribution in [0, 0.1) is 0 Å². The van der Waals surface area contributed by atoms with Crippen molar-refractivity contribution in [2.24, 2.45) is 0 Å². The summed E-state index contributed by atoms with van der Waals surface area (Å²) in [5.41, 5.74) is 2.58. The first kappa shape index (κ1) is 15.2. The maximum Gasteiger partial charge on any atom is 0.247 e. The Bertz CT molecular complexity index is 700. The van der Waals surface area contributed by atoms with Crippen LogP contribution in [-0.4, -0.2) is 22.8 Å². The minimum atomic E-state index is -0.478. The van der Waals surface area contributed by atoms with Crippen molar-refractivity contribution in [3.8, 4) is 11.1 Å². The van der Waals surface area contributed by atoms with Crippen molar-refractivity contribution < 1.29 is 9.59 Å². The average Bonchev–Trinajstić information content (AvgIpc) is 2.81. The number of benzene rings is 1. The van der Waals surface area contributed by atoms with Crippen LogP contribution in [0.15, 0.2) is 48.8 Å². The summed E-state index contributed by atoms with van der Waals surface area (Å²) in [5.74, 6) is -0.248. The van der Waals surface area contributed by atoms with Gasteiger partial charge in [-0.2, -0.15) is 0 Å². The molecule has 0 unspecified atom stereocenters. The maximum atomic E-state index is 12.5. The Balaban J connectivity index is 1.80. The van der Waals surface area contributed by atoms with Crippen LogP contribution in [0.3, 0.4) is 0 Å². The number of carbonyl (C=O) groups is 2. The molecule has 1 aliphatic heterocycles. The first-order valence-electron chi connectivity index (χ1n) is 7.84. The summed E-state index contributed by atoms with van der Waals surface area (Å²) in [6.45, 7) is 0. The number of anilines is 1. The highest BCUT2D eigenvalue weighted by Gasteiger charge is 2.23. The second-order valence-electron chi connectivity index (χ2n) is 5.64. The van der Waals surface area contributed by atoms with Crippen LogP contribution >= 0.6 is 0 Å². The van der Waals surface area contributed by atoms with Crippen molar-refractivity contribution in [1.29, 1.82) is 0 Å². The Morgan fingerprint density at radius 3 is 2.83 bits per heavy atom. The van der Waals surface area contributed by atoms with Crippen LogP contribution in [-0.2, 0) is 9.59 Å². The largest absolute Gasteiger partial charge is 0.344 e. The van der Waals surface area contributed by atoms with Gasteiger partial charge in [-0.15, -0.1) is 0 Å². The molecule has 1 fully saturated rings. The van der Waals surface area contributed by atoms with E-state index in [2.05, 4.69) is 15.6 Å². The fraction of sp³-hybridized carbons (Fsp3) is 0.278. The molecule has 1 aromatic carbocycles. The van der Waals surface area contributed by atoms with Gasteiger partial charge in [0, 0.05) is 18.2 Å². The van der Waals surface area contributed by atoms with Gasteiger partial charge < -0.3 is 10.6 Å². The Labute approximate surface area is 135 Å². The van der Waals surface area contributed by atoms with Gasteiger partial charge >= 0.3 is 0 Å². The molecule has 2 N–H and O–H groups in total. The van der Waals surface area contributed by atoms with Crippen LogP contribution in [0.4, 0.5) is 5.69 Å². The van der Waals surface area contributed by atoms with E-state index in [0.717, 1.165) is 24.0 Å². The third-order valence-electron chi connectivity index (χ3n) is 3.96. The summed E-state index contributed by atoms with van der Waals surface area (Å²) in [6, 6.07) is 11.2. The zero-order chi connectivity index (χ0) is 16.1. The Morgan fingerprint density at radius 1 is 1.17 bits per heavy atom. The molecule has 0 spiro atoms. The molecule has 5 heteroatoms. The van der Waals surface area contributed by atoms with Crippen LogP contribution < -0.4 is 10.6 Å². The van der Waals surface area contributed by atoms with Crippen molar-refractivity contribution in [3.05, 3.63) is 48.8 Å². The summed E-state index contributed by atoms with van der Waals surface area (Å²) < 4.78 is 0. The van der Waals surface area contributed by atoms with Crippen molar-refractivity contribution in [2.45, 2.75) is 31.7 Å². The lowest BCUT2D eigenvalue weighted by Crippen LogP contribution is -2.42. The van der Waals surface area contributed by atoms with Gasteiger partial charge in [0.05, 0.1) is 11.9 Å². The molecule has 3 rings (SSSR count). The lowest BCUT2D eigenvalue weighted by Gasteiger charge is -2.17. The SMILES string of the molecule is O=C1CCCC[C@H](C(=O)Nc2cnccc2-c2ccccc2)N1. The third-order valence-corrected chi connectivity index (χ3v) is 3.96. The van der Waals surface area contributed by atoms with Crippen molar-refractivity contribution >= 4 is 17.5 Å². The van der Waals surface area contributed by atoms with Gasteiger partial charge in [-0.1, -0.05) is 36.8 Å². The van der Waals surface area contributed by atoms with E-state index in [9.17, 15) is 9.59 Å². The molecular formula is C18H19N3O2. The number of rotatable bonds is 3. The van der Waals surface area contributed by atoms with Gasteiger partial charge in [0.1, 0.15) is 6.04 Å². The van der Waals surface area contributed by atoms with E-state index in [1.54, 1.807) is 12.4 Å². The van der Waals surface area contributed by atoms with E-state index in [0.29, 0.717) is 18.5 Å². The molecule has 0 radical (unpaired) electrons. The highest BCUT2D eigenvalue weighted by molar-refractivity contribution is 6.00. The molecule has 23 heavy (non-hydrogen) atoms. The summed E-state index contributed by atoms with van der Waals surface area (Å²) in [5, 5.41) is 5.70. The molecule has 0 bridgehead atoms. The quantitative estimate of drug-likeness (QED) is 0.916. The zero-order valence-corrected chi connectivity index (χ0v) is 12.8. The standard InChI is InChI=1S/C18H19N3O2/c22-17-9-5-4-8-15(20-17)18(23)21-16-12-19-11-10-14(16)13-6-2-1-3-7-13/h1-3,6-7,10-12,15H,4-5,8-9H2,(H,20,22)(H,21,23)/t15-/m1/s1. The molecule has 118 valence electrons. The van der Waals surface area contributed by atoms with Crippen molar-refractivity contribution in [1.82, 2.24) is 10.3 Å². The van der Waals surface area contributed by atoms with E-state index >= 15 is 0 Å². The van der Waals surface area contributed by atoms with Gasteiger partial charge in [-0.05, 0) is 24.5 Å². The Kier molecular flexibility index (Phi) is 4.66. The van der Waals surface area contributed by atoms with Crippen LogP contribution in [0.25, 0.3) is 11.1 Å². The number of amides is 2. The lowest BCUT2D eigenvalue weighted by atomic mass is 10.0. The number of aromatic nitrogens is 1. The minimum Gasteiger partial charge on any atom is -0.344 e. The van der Waals surface area contributed by atoms with Crippen molar-refractivity contribution in [3.63, 3.8) is 0 Å². The fourth-order valence-electron chi connectivity index (χ4n) is 2.75. The van der Waals surface area contributed by atoms with Crippen molar-refractivity contribution in [2.75, 3.05) is 5.32 Å². The molecule has 0 saturated carbocycles.